The molecule has 0 unspecified atom stereocenters. The van der Waals surface area contributed by atoms with Gasteiger partial charge in [0, 0.05) is 24.0 Å². The first-order valence-corrected chi connectivity index (χ1v) is 6.05. The standard InChI is InChI=1S/C14H14F3N3/c1-8-5-11(7-20-13(8)9(2)18)10-3-4-19-12(6-10)14(15,16)17/h3-7,9H,18H2,1-2H3/t9-/m0/s1. The number of rotatable bonds is 2. The highest BCUT2D eigenvalue weighted by Crippen LogP contribution is 2.30. The van der Waals surface area contributed by atoms with Crippen molar-refractivity contribution >= 4 is 0 Å². The van der Waals surface area contributed by atoms with Gasteiger partial charge in [0.1, 0.15) is 5.69 Å². The fourth-order valence-corrected chi connectivity index (χ4v) is 1.99. The number of hydrogen-bond acceptors (Lipinski definition) is 3. The van der Waals surface area contributed by atoms with Crippen LogP contribution in [0.5, 0.6) is 0 Å². The van der Waals surface area contributed by atoms with Crippen LogP contribution in [-0.4, -0.2) is 9.97 Å². The van der Waals surface area contributed by atoms with E-state index in [1.807, 2.05) is 13.8 Å². The van der Waals surface area contributed by atoms with E-state index in [1.54, 1.807) is 6.07 Å². The van der Waals surface area contributed by atoms with E-state index in [2.05, 4.69) is 9.97 Å². The van der Waals surface area contributed by atoms with E-state index in [1.165, 1.54) is 12.3 Å². The molecule has 0 aliphatic carbocycles. The van der Waals surface area contributed by atoms with E-state index in [0.29, 0.717) is 11.1 Å². The van der Waals surface area contributed by atoms with Crippen LogP contribution in [0.4, 0.5) is 13.2 Å². The van der Waals surface area contributed by atoms with Crippen LogP contribution in [0.25, 0.3) is 11.1 Å². The van der Waals surface area contributed by atoms with E-state index < -0.39 is 11.9 Å². The van der Waals surface area contributed by atoms with Crippen LogP contribution in [-0.2, 0) is 6.18 Å². The van der Waals surface area contributed by atoms with Crippen molar-refractivity contribution in [2.45, 2.75) is 26.1 Å². The summed E-state index contributed by atoms with van der Waals surface area (Å²) in [4.78, 5) is 7.56. The number of halogens is 3. The predicted octanol–water partition coefficient (Wildman–Crippen LogP) is 3.49. The van der Waals surface area contributed by atoms with Crippen LogP contribution in [0.3, 0.4) is 0 Å². The lowest BCUT2D eigenvalue weighted by atomic mass is 10.0. The molecule has 0 amide bonds. The van der Waals surface area contributed by atoms with Gasteiger partial charge in [-0.15, -0.1) is 0 Å². The molecule has 106 valence electrons. The van der Waals surface area contributed by atoms with E-state index in [4.69, 9.17) is 5.73 Å². The van der Waals surface area contributed by atoms with Gasteiger partial charge in [-0.2, -0.15) is 13.2 Å². The maximum absolute atomic E-state index is 12.6. The Bertz CT molecular complexity index is 621. The van der Waals surface area contributed by atoms with Gasteiger partial charge < -0.3 is 5.73 Å². The molecule has 1 atom stereocenters. The summed E-state index contributed by atoms with van der Waals surface area (Å²) in [5.41, 5.74) is 7.48. The minimum atomic E-state index is -4.45. The lowest BCUT2D eigenvalue weighted by Crippen LogP contribution is -2.09. The Balaban J connectivity index is 2.45. The average Bonchev–Trinajstić information content (AvgIpc) is 2.37. The van der Waals surface area contributed by atoms with E-state index in [-0.39, 0.29) is 6.04 Å². The molecule has 2 rings (SSSR count). The molecule has 2 N–H and O–H groups in total. The molecule has 0 aliphatic heterocycles. The smallest absolute Gasteiger partial charge is 0.323 e. The number of aryl methyl sites for hydroxylation is 1. The van der Waals surface area contributed by atoms with Crippen molar-refractivity contribution in [2.75, 3.05) is 0 Å². The van der Waals surface area contributed by atoms with Crippen molar-refractivity contribution in [3.05, 3.63) is 47.5 Å². The molecule has 0 saturated heterocycles. The fraction of sp³-hybridized carbons (Fsp3) is 0.286. The Morgan fingerprint density at radius 1 is 1.15 bits per heavy atom. The maximum Gasteiger partial charge on any atom is 0.433 e. The highest BCUT2D eigenvalue weighted by atomic mass is 19.4. The lowest BCUT2D eigenvalue weighted by molar-refractivity contribution is -0.141. The molecule has 2 aromatic heterocycles. The van der Waals surface area contributed by atoms with Gasteiger partial charge in [-0.3, -0.25) is 9.97 Å². The van der Waals surface area contributed by atoms with Crippen LogP contribution in [0, 0.1) is 6.92 Å². The Morgan fingerprint density at radius 2 is 1.85 bits per heavy atom. The predicted molar refractivity (Wildman–Crippen MR) is 69.8 cm³/mol. The number of hydrogen-bond donors (Lipinski definition) is 1. The zero-order valence-electron chi connectivity index (χ0n) is 11.1. The third-order valence-corrected chi connectivity index (χ3v) is 2.93. The lowest BCUT2D eigenvalue weighted by Gasteiger charge is -2.11. The SMILES string of the molecule is Cc1cc(-c2ccnc(C(F)(F)F)c2)cnc1[C@H](C)N. The topological polar surface area (TPSA) is 51.8 Å². The molecule has 2 heterocycles. The van der Waals surface area contributed by atoms with Gasteiger partial charge >= 0.3 is 6.18 Å². The largest absolute Gasteiger partial charge is 0.433 e. The second-order valence-corrected chi connectivity index (χ2v) is 4.64. The summed E-state index contributed by atoms with van der Waals surface area (Å²) in [5, 5.41) is 0. The van der Waals surface area contributed by atoms with Gasteiger partial charge in [-0.25, -0.2) is 0 Å². The van der Waals surface area contributed by atoms with Crippen molar-refractivity contribution in [1.29, 1.82) is 0 Å². The molecule has 0 saturated carbocycles. The van der Waals surface area contributed by atoms with Crippen molar-refractivity contribution < 1.29 is 13.2 Å². The van der Waals surface area contributed by atoms with Crippen LogP contribution < -0.4 is 5.73 Å². The molecule has 0 bridgehead atoms. The quantitative estimate of drug-likeness (QED) is 0.916. The van der Waals surface area contributed by atoms with E-state index in [0.717, 1.165) is 23.5 Å². The van der Waals surface area contributed by atoms with Gasteiger partial charge in [0.25, 0.3) is 0 Å². The molecule has 3 nitrogen and oxygen atoms in total. The normalized spacial score (nSPS) is 13.3. The molecule has 0 aliphatic rings. The zero-order valence-corrected chi connectivity index (χ0v) is 11.1. The van der Waals surface area contributed by atoms with Crippen LogP contribution in [0.1, 0.15) is 29.9 Å². The molecule has 0 spiro atoms. The first kappa shape index (κ1) is 14.5. The molecule has 20 heavy (non-hydrogen) atoms. The Hall–Kier alpha value is -1.95. The number of alkyl halides is 3. The summed E-state index contributed by atoms with van der Waals surface area (Å²) in [6, 6.07) is 4.10. The third-order valence-electron chi connectivity index (χ3n) is 2.93. The zero-order chi connectivity index (χ0) is 14.9. The minimum Gasteiger partial charge on any atom is -0.323 e. The molecule has 0 radical (unpaired) electrons. The van der Waals surface area contributed by atoms with Crippen LogP contribution in [0.2, 0.25) is 0 Å². The molecule has 2 aromatic rings. The highest BCUT2D eigenvalue weighted by molar-refractivity contribution is 5.63. The van der Waals surface area contributed by atoms with Crippen LogP contribution in [0.15, 0.2) is 30.6 Å². The van der Waals surface area contributed by atoms with Crippen LogP contribution >= 0.6 is 0 Å². The van der Waals surface area contributed by atoms with Crippen molar-refractivity contribution in [2.24, 2.45) is 5.73 Å². The van der Waals surface area contributed by atoms with Crippen molar-refractivity contribution in [1.82, 2.24) is 9.97 Å². The van der Waals surface area contributed by atoms with E-state index >= 15 is 0 Å². The van der Waals surface area contributed by atoms with E-state index in [9.17, 15) is 13.2 Å². The molecular weight excluding hydrogens is 267 g/mol. The average molecular weight is 281 g/mol. The van der Waals surface area contributed by atoms with Gasteiger partial charge in [0.2, 0.25) is 0 Å². The molecular formula is C14H14F3N3. The maximum atomic E-state index is 12.6. The van der Waals surface area contributed by atoms with Gasteiger partial charge in [-0.1, -0.05) is 0 Å². The van der Waals surface area contributed by atoms with Gasteiger partial charge in [0.15, 0.2) is 0 Å². The summed E-state index contributed by atoms with van der Waals surface area (Å²) in [7, 11) is 0. The third kappa shape index (κ3) is 2.96. The van der Waals surface area contributed by atoms with Crippen molar-refractivity contribution in [3.63, 3.8) is 0 Å². The minimum absolute atomic E-state index is 0.216. The first-order chi connectivity index (χ1) is 9.29. The second-order valence-electron chi connectivity index (χ2n) is 4.64. The second kappa shape index (κ2) is 5.20. The van der Waals surface area contributed by atoms with Crippen molar-refractivity contribution in [3.8, 4) is 11.1 Å². The number of nitrogens with two attached hydrogens (primary N) is 1. The fourth-order valence-electron chi connectivity index (χ4n) is 1.99. The first-order valence-electron chi connectivity index (χ1n) is 6.05. The number of aromatic nitrogens is 2. The highest BCUT2D eigenvalue weighted by Gasteiger charge is 2.32. The monoisotopic (exact) mass is 281 g/mol. The van der Waals surface area contributed by atoms with Gasteiger partial charge in [0.05, 0.1) is 5.69 Å². The summed E-state index contributed by atoms with van der Waals surface area (Å²) in [6.45, 7) is 3.64. The molecule has 0 aromatic carbocycles. The Labute approximate surface area is 114 Å². The summed E-state index contributed by atoms with van der Waals surface area (Å²) in [6.07, 6.45) is -1.78. The number of pyridine rings is 2. The molecule has 0 fully saturated rings. The number of nitrogens with zero attached hydrogens (tertiary/aromatic N) is 2. The summed E-state index contributed by atoms with van der Waals surface area (Å²) >= 11 is 0. The van der Waals surface area contributed by atoms with Gasteiger partial charge in [-0.05, 0) is 43.2 Å². The Morgan fingerprint density at radius 3 is 2.40 bits per heavy atom. The summed E-state index contributed by atoms with van der Waals surface area (Å²) < 4.78 is 37.9. The Kier molecular flexibility index (Phi) is 3.76. The molecule has 6 heteroatoms. The summed E-state index contributed by atoms with van der Waals surface area (Å²) in [5.74, 6) is 0.